The fraction of sp³-hybridized carbons (Fsp3) is 0.200. The van der Waals surface area contributed by atoms with Crippen molar-refractivity contribution in [1.29, 1.82) is 0 Å². The van der Waals surface area contributed by atoms with Gasteiger partial charge in [-0.25, -0.2) is 4.39 Å². The largest absolute Gasteiger partial charge is 0.496 e. The zero-order valence-electron chi connectivity index (χ0n) is 11.5. The first-order valence-electron chi connectivity index (χ1n) is 6.10. The first-order chi connectivity index (χ1) is 9.97. The lowest BCUT2D eigenvalue weighted by Crippen LogP contribution is -2.14. The number of ether oxygens (including phenoxy) is 2. The molecule has 0 aliphatic heterocycles. The minimum absolute atomic E-state index is 0.321. The number of methoxy groups -OCH3 is 2. The van der Waals surface area contributed by atoms with Crippen molar-refractivity contribution in [3.05, 3.63) is 56.8 Å². The lowest BCUT2D eigenvalue weighted by Gasteiger charge is -2.19. The second-order valence-electron chi connectivity index (χ2n) is 4.37. The second-order valence-corrected chi connectivity index (χ2v) is 5.66. The maximum absolute atomic E-state index is 13.6. The monoisotopic (exact) mass is 373 g/mol. The normalized spacial score (nSPS) is 12.1. The summed E-state index contributed by atoms with van der Waals surface area (Å²) in [5.74, 6) is 0.531. The van der Waals surface area contributed by atoms with Crippen molar-refractivity contribution in [3.63, 3.8) is 0 Å². The molecule has 2 aromatic rings. The summed E-state index contributed by atoms with van der Waals surface area (Å²) in [6.07, 6.45) is 0. The third kappa shape index (κ3) is 3.31. The van der Waals surface area contributed by atoms with Crippen molar-refractivity contribution < 1.29 is 13.9 Å². The molecule has 0 amide bonds. The van der Waals surface area contributed by atoms with E-state index in [0.29, 0.717) is 26.6 Å². The lowest BCUT2D eigenvalue weighted by atomic mass is 9.97. The quantitative estimate of drug-likeness (QED) is 0.867. The fourth-order valence-electron chi connectivity index (χ4n) is 2.07. The number of nitrogens with two attached hydrogens (primary N) is 1. The van der Waals surface area contributed by atoms with Gasteiger partial charge < -0.3 is 15.2 Å². The van der Waals surface area contributed by atoms with Crippen molar-refractivity contribution in [2.75, 3.05) is 14.2 Å². The molecule has 112 valence electrons. The van der Waals surface area contributed by atoms with Crippen molar-refractivity contribution in [2.45, 2.75) is 6.04 Å². The molecule has 0 fully saturated rings. The molecule has 0 aromatic heterocycles. The SMILES string of the molecule is COc1cc(Cl)ccc1C(N)c1cc(Br)c(F)cc1OC. The molecular weight excluding hydrogens is 361 g/mol. The highest BCUT2D eigenvalue weighted by atomic mass is 79.9. The summed E-state index contributed by atoms with van der Waals surface area (Å²) >= 11 is 9.11. The maximum atomic E-state index is 13.6. The third-order valence-electron chi connectivity index (χ3n) is 3.14. The number of benzene rings is 2. The van der Waals surface area contributed by atoms with E-state index < -0.39 is 11.9 Å². The maximum Gasteiger partial charge on any atom is 0.141 e. The summed E-state index contributed by atoms with van der Waals surface area (Å²) in [6.45, 7) is 0. The molecule has 2 aromatic carbocycles. The van der Waals surface area contributed by atoms with Crippen LogP contribution in [0, 0.1) is 5.82 Å². The number of rotatable bonds is 4. The Morgan fingerprint density at radius 2 is 1.71 bits per heavy atom. The van der Waals surface area contributed by atoms with Crippen LogP contribution in [-0.4, -0.2) is 14.2 Å². The molecule has 1 unspecified atom stereocenters. The van der Waals surface area contributed by atoms with Crippen LogP contribution in [0.3, 0.4) is 0 Å². The van der Waals surface area contributed by atoms with Crippen LogP contribution in [0.4, 0.5) is 4.39 Å². The van der Waals surface area contributed by atoms with Gasteiger partial charge in [-0.2, -0.15) is 0 Å². The molecule has 0 saturated carbocycles. The molecule has 1 atom stereocenters. The summed E-state index contributed by atoms with van der Waals surface area (Å²) < 4.78 is 24.4. The Bertz CT molecular complexity index is 666. The van der Waals surface area contributed by atoms with Gasteiger partial charge in [0.15, 0.2) is 0 Å². The smallest absolute Gasteiger partial charge is 0.141 e. The highest BCUT2D eigenvalue weighted by molar-refractivity contribution is 9.10. The van der Waals surface area contributed by atoms with Gasteiger partial charge in [0.05, 0.1) is 24.7 Å². The third-order valence-corrected chi connectivity index (χ3v) is 3.98. The summed E-state index contributed by atoms with van der Waals surface area (Å²) in [5, 5.41) is 0.551. The molecule has 0 spiro atoms. The van der Waals surface area contributed by atoms with E-state index in [2.05, 4.69) is 15.9 Å². The topological polar surface area (TPSA) is 44.5 Å². The minimum atomic E-state index is -0.538. The van der Waals surface area contributed by atoms with E-state index in [1.807, 2.05) is 0 Å². The molecule has 0 radical (unpaired) electrons. The van der Waals surface area contributed by atoms with Crippen LogP contribution in [0.1, 0.15) is 17.2 Å². The van der Waals surface area contributed by atoms with E-state index in [-0.39, 0.29) is 0 Å². The Morgan fingerprint density at radius 1 is 1.10 bits per heavy atom. The van der Waals surface area contributed by atoms with Crippen molar-refractivity contribution in [3.8, 4) is 11.5 Å². The van der Waals surface area contributed by atoms with Gasteiger partial charge in [0, 0.05) is 22.2 Å². The van der Waals surface area contributed by atoms with E-state index in [4.69, 9.17) is 26.8 Å². The standard InChI is InChI=1S/C15H14BrClFNO2/c1-20-13-5-8(17)3-4-9(13)15(19)10-6-11(16)12(18)7-14(10)21-2/h3-7,15H,19H2,1-2H3. The second kappa shape index (κ2) is 6.64. The van der Waals surface area contributed by atoms with E-state index in [1.165, 1.54) is 13.2 Å². The molecule has 3 nitrogen and oxygen atoms in total. The lowest BCUT2D eigenvalue weighted by molar-refractivity contribution is 0.398. The van der Waals surface area contributed by atoms with Crippen LogP contribution in [0.15, 0.2) is 34.8 Å². The molecule has 0 bridgehead atoms. The van der Waals surface area contributed by atoms with Crippen molar-refractivity contribution in [1.82, 2.24) is 0 Å². The highest BCUT2D eigenvalue weighted by Gasteiger charge is 2.20. The van der Waals surface area contributed by atoms with Gasteiger partial charge in [0.1, 0.15) is 17.3 Å². The van der Waals surface area contributed by atoms with Crippen LogP contribution in [0.2, 0.25) is 5.02 Å². The van der Waals surface area contributed by atoms with E-state index in [1.54, 1.807) is 31.4 Å². The van der Waals surface area contributed by atoms with Gasteiger partial charge in [0.2, 0.25) is 0 Å². The number of hydrogen-bond donors (Lipinski definition) is 1. The van der Waals surface area contributed by atoms with Crippen molar-refractivity contribution in [2.24, 2.45) is 5.73 Å². The number of hydrogen-bond acceptors (Lipinski definition) is 3. The van der Waals surface area contributed by atoms with E-state index in [0.717, 1.165) is 5.56 Å². The molecule has 0 aliphatic carbocycles. The first-order valence-corrected chi connectivity index (χ1v) is 7.27. The highest BCUT2D eigenvalue weighted by Crippen LogP contribution is 2.36. The Morgan fingerprint density at radius 3 is 2.33 bits per heavy atom. The van der Waals surface area contributed by atoms with Gasteiger partial charge in [-0.3, -0.25) is 0 Å². The molecule has 21 heavy (non-hydrogen) atoms. The van der Waals surface area contributed by atoms with Crippen LogP contribution in [0.25, 0.3) is 0 Å². The van der Waals surface area contributed by atoms with Crippen LogP contribution < -0.4 is 15.2 Å². The predicted molar refractivity (Wildman–Crippen MR) is 84.7 cm³/mol. The Kier molecular flexibility index (Phi) is 5.08. The molecular formula is C15H14BrClFNO2. The van der Waals surface area contributed by atoms with E-state index >= 15 is 0 Å². The molecule has 2 rings (SSSR count). The van der Waals surface area contributed by atoms with Crippen LogP contribution >= 0.6 is 27.5 Å². The average molecular weight is 375 g/mol. The van der Waals surface area contributed by atoms with Gasteiger partial charge in [-0.15, -0.1) is 0 Å². The Balaban J connectivity index is 2.54. The summed E-state index contributed by atoms with van der Waals surface area (Å²) in [4.78, 5) is 0. The van der Waals surface area contributed by atoms with Crippen LogP contribution in [0.5, 0.6) is 11.5 Å². The zero-order chi connectivity index (χ0) is 15.6. The summed E-state index contributed by atoms with van der Waals surface area (Å²) in [6, 6.07) is 7.55. The average Bonchev–Trinajstić information content (AvgIpc) is 2.48. The molecule has 2 N–H and O–H groups in total. The molecule has 0 saturated heterocycles. The molecule has 0 aliphatic rings. The summed E-state index contributed by atoms with van der Waals surface area (Å²) in [5.41, 5.74) is 7.67. The zero-order valence-corrected chi connectivity index (χ0v) is 13.8. The van der Waals surface area contributed by atoms with Crippen molar-refractivity contribution >= 4 is 27.5 Å². The Labute approximate surface area is 135 Å². The van der Waals surface area contributed by atoms with E-state index in [9.17, 15) is 4.39 Å². The van der Waals surface area contributed by atoms with Gasteiger partial charge in [-0.1, -0.05) is 17.7 Å². The van der Waals surface area contributed by atoms with Crippen LogP contribution in [-0.2, 0) is 0 Å². The fourth-order valence-corrected chi connectivity index (χ4v) is 2.60. The predicted octanol–water partition coefficient (Wildman–Crippen LogP) is 4.31. The number of halogens is 3. The Hall–Kier alpha value is -1.30. The van der Waals surface area contributed by atoms with Gasteiger partial charge in [0.25, 0.3) is 0 Å². The van der Waals surface area contributed by atoms with Gasteiger partial charge in [-0.05, 0) is 34.1 Å². The first kappa shape index (κ1) is 16.1. The minimum Gasteiger partial charge on any atom is -0.496 e. The molecule has 0 heterocycles. The van der Waals surface area contributed by atoms with Gasteiger partial charge >= 0.3 is 0 Å². The summed E-state index contributed by atoms with van der Waals surface area (Å²) in [7, 11) is 3.01. The molecule has 6 heteroatoms.